The third-order valence-corrected chi connectivity index (χ3v) is 8.41. The van der Waals surface area contributed by atoms with E-state index in [1.807, 2.05) is 91.0 Å². The number of para-hydroxylation sites is 1. The first kappa shape index (κ1) is 18.7. The normalized spacial score (nSPS) is 13.7. The second-order valence-corrected chi connectivity index (χ2v) is 10.8. The SMILES string of the molecule is [2H]c1c([2H])c(-c2c3ccccc3c(-c3ccccc3)c3ccccc23)c2c([2H])c([2H])c([2H])c(-c3ccc4oc5ccccc5c4c3)c2c1[2H]. The summed E-state index contributed by atoms with van der Waals surface area (Å²) in [6.07, 6.45) is 0. The van der Waals surface area contributed by atoms with Crippen molar-refractivity contribution in [2.45, 2.75) is 0 Å². The summed E-state index contributed by atoms with van der Waals surface area (Å²) in [5, 5.41) is 5.73. The number of hydrogen-bond donors (Lipinski definition) is 0. The lowest BCUT2D eigenvalue weighted by Gasteiger charge is -2.19. The Hall–Kier alpha value is -5.66. The largest absolute Gasteiger partial charge is 0.456 e. The van der Waals surface area contributed by atoms with Gasteiger partial charge in [0, 0.05) is 10.8 Å². The third kappa shape index (κ3) is 3.65. The van der Waals surface area contributed by atoms with Crippen molar-refractivity contribution >= 4 is 54.3 Å². The van der Waals surface area contributed by atoms with E-state index < -0.39 is 0 Å². The molecule has 0 amide bonds. The standard InChI is InChI=1S/C42H26O/c1-2-12-27(13-3-1)41-34-15-4-6-17-36(34)42(37-18-7-5-16-35(37)41)33-22-11-20-30-29(19-10-21-31(30)33)28-24-25-40-38(26-28)32-14-8-9-23-39(32)43-40/h1-26H/i10D,11D,19D,20D,21D,22D. The van der Waals surface area contributed by atoms with Crippen molar-refractivity contribution in [1.29, 1.82) is 0 Å². The molecule has 200 valence electrons. The molecular formula is C42H26O. The predicted molar refractivity (Wildman–Crippen MR) is 183 cm³/mol. The van der Waals surface area contributed by atoms with Gasteiger partial charge >= 0.3 is 0 Å². The topological polar surface area (TPSA) is 13.1 Å². The van der Waals surface area contributed by atoms with Gasteiger partial charge in [0.15, 0.2) is 0 Å². The van der Waals surface area contributed by atoms with Gasteiger partial charge < -0.3 is 4.42 Å². The number of benzene rings is 8. The molecule has 1 heterocycles. The molecule has 9 rings (SSSR count). The van der Waals surface area contributed by atoms with Crippen LogP contribution in [0.4, 0.5) is 0 Å². The van der Waals surface area contributed by atoms with E-state index in [9.17, 15) is 4.11 Å². The lowest BCUT2D eigenvalue weighted by Crippen LogP contribution is -1.92. The Balaban J connectivity index is 1.47. The van der Waals surface area contributed by atoms with E-state index in [2.05, 4.69) is 24.3 Å². The van der Waals surface area contributed by atoms with E-state index in [0.717, 1.165) is 49.0 Å². The monoisotopic (exact) mass is 552 g/mol. The fourth-order valence-corrected chi connectivity index (χ4v) is 6.54. The second-order valence-electron chi connectivity index (χ2n) is 10.8. The van der Waals surface area contributed by atoms with Crippen LogP contribution < -0.4 is 0 Å². The van der Waals surface area contributed by atoms with E-state index in [0.29, 0.717) is 22.3 Å². The van der Waals surface area contributed by atoms with Crippen LogP contribution in [0.25, 0.3) is 87.6 Å². The van der Waals surface area contributed by atoms with E-state index in [1.54, 1.807) is 6.07 Å². The number of rotatable bonds is 3. The van der Waals surface area contributed by atoms with Gasteiger partial charge in [-0.1, -0.05) is 139 Å². The first-order chi connectivity index (χ1) is 23.8. The molecule has 0 saturated heterocycles. The van der Waals surface area contributed by atoms with Crippen LogP contribution in [-0.4, -0.2) is 0 Å². The van der Waals surface area contributed by atoms with Crippen molar-refractivity contribution in [2.75, 3.05) is 0 Å². The fraction of sp³-hybridized carbons (Fsp3) is 0. The molecule has 9 aromatic rings. The first-order valence-corrected chi connectivity index (χ1v) is 14.3. The minimum atomic E-state index is -0.299. The highest BCUT2D eigenvalue weighted by Crippen LogP contribution is 2.46. The van der Waals surface area contributed by atoms with Gasteiger partial charge in [-0.2, -0.15) is 0 Å². The Labute approximate surface area is 257 Å². The number of furan rings is 1. The van der Waals surface area contributed by atoms with Crippen molar-refractivity contribution in [3.63, 3.8) is 0 Å². The molecule has 0 radical (unpaired) electrons. The third-order valence-electron chi connectivity index (χ3n) is 8.41. The van der Waals surface area contributed by atoms with Gasteiger partial charge in [-0.05, 0) is 83.9 Å². The summed E-state index contributed by atoms with van der Waals surface area (Å²) in [5.74, 6) is 0. The molecule has 0 aliphatic carbocycles. The van der Waals surface area contributed by atoms with Gasteiger partial charge in [-0.15, -0.1) is 0 Å². The predicted octanol–water partition coefficient (Wildman–Crippen LogP) is 12.0. The molecule has 1 aromatic heterocycles. The molecule has 0 bridgehead atoms. The summed E-state index contributed by atoms with van der Waals surface area (Å²) in [4.78, 5) is 0. The van der Waals surface area contributed by atoms with Crippen molar-refractivity contribution in [2.24, 2.45) is 0 Å². The van der Waals surface area contributed by atoms with Gasteiger partial charge in [0.05, 0.1) is 8.22 Å². The minimum Gasteiger partial charge on any atom is -0.456 e. The molecule has 1 nitrogen and oxygen atoms in total. The molecule has 43 heavy (non-hydrogen) atoms. The van der Waals surface area contributed by atoms with Crippen molar-refractivity contribution < 1.29 is 12.6 Å². The molecule has 0 spiro atoms. The lowest BCUT2D eigenvalue weighted by atomic mass is 9.84. The van der Waals surface area contributed by atoms with E-state index in [4.69, 9.17) is 8.53 Å². The lowest BCUT2D eigenvalue weighted by molar-refractivity contribution is 0.669. The van der Waals surface area contributed by atoms with Gasteiger partial charge in [0.2, 0.25) is 0 Å². The molecular weight excluding hydrogens is 520 g/mol. The zero-order valence-electron chi connectivity index (χ0n) is 29.0. The molecule has 0 unspecified atom stereocenters. The summed E-state index contributed by atoms with van der Waals surface area (Å²) >= 11 is 0. The molecule has 0 atom stereocenters. The molecule has 8 aromatic carbocycles. The summed E-state index contributed by atoms with van der Waals surface area (Å²) in [6.45, 7) is 0. The Morgan fingerprint density at radius 3 is 1.60 bits per heavy atom. The Bertz CT molecular complexity index is 2780. The smallest absolute Gasteiger partial charge is 0.135 e. The summed E-state index contributed by atoms with van der Waals surface area (Å²) in [7, 11) is 0. The highest BCUT2D eigenvalue weighted by molar-refractivity contribution is 6.24. The number of hydrogen-bond acceptors (Lipinski definition) is 1. The molecule has 0 aliphatic heterocycles. The van der Waals surface area contributed by atoms with E-state index >= 15 is 0 Å². The van der Waals surface area contributed by atoms with Crippen molar-refractivity contribution in [1.82, 2.24) is 0 Å². The molecule has 0 fully saturated rings. The molecule has 0 aliphatic rings. The Kier molecular flexibility index (Phi) is 4.11. The fourth-order valence-electron chi connectivity index (χ4n) is 6.54. The molecule has 0 saturated carbocycles. The second kappa shape index (κ2) is 9.44. The number of fused-ring (bicyclic) bond motifs is 6. The van der Waals surface area contributed by atoms with Crippen LogP contribution in [0.15, 0.2) is 162 Å². The van der Waals surface area contributed by atoms with Crippen LogP contribution in [0.2, 0.25) is 0 Å². The van der Waals surface area contributed by atoms with Crippen LogP contribution in [0, 0.1) is 0 Å². The van der Waals surface area contributed by atoms with Crippen molar-refractivity contribution in [3.8, 4) is 33.4 Å². The maximum atomic E-state index is 9.39. The van der Waals surface area contributed by atoms with Crippen LogP contribution in [0.5, 0.6) is 0 Å². The van der Waals surface area contributed by atoms with Gasteiger partial charge in [0.1, 0.15) is 11.2 Å². The first-order valence-electron chi connectivity index (χ1n) is 17.3. The average Bonchev–Trinajstić information content (AvgIpc) is 3.51. The van der Waals surface area contributed by atoms with E-state index in [-0.39, 0.29) is 52.6 Å². The van der Waals surface area contributed by atoms with E-state index in [1.165, 1.54) is 0 Å². The minimum absolute atomic E-state index is 0.187. The van der Waals surface area contributed by atoms with Crippen LogP contribution >= 0.6 is 0 Å². The zero-order valence-corrected chi connectivity index (χ0v) is 23.0. The van der Waals surface area contributed by atoms with Crippen LogP contribution in [0.3, 0.4) is 0 Å². The molecule has 0 N–H and O–H groups in total. The molecule has 1 heteroatoms. The van der Waals surface area contributed by atoms with Crippen LogP contribution in [0.1, 0.15) is 8.22 Å². The Morgan fingerprint density at radius 1 is 0.372 bits per heavy atom. The summed E-state index contributed by atoms with van der Waals surface area (Å²) in [5.41, 5.74) is 5.32. The van der Waals surface area contributed by atoms with Crippen molar-refractivity contribution in [3.05, 3.63) is 158 Å². The quantitative estimate of drug-likeness (QED) is 0.199. The summed E-state index contributed by atoms with van der Waals surface area (Å²) in [6, 6.07) is 37.8. The average molecular weight is 553 g/mol. The highest BCUT2D eigenvalue weighted by Gasteiger charge is 2.18. The highest BCUT2D eigenvalue weighted by atomic mass is 16.3. The van der Waals surface area contributed by atoms with Gasteiger partial charge in [0.25, 0.3) is 0 Å². The summed E-state index contributed by atoms with van der Waals surface area (Å²) < 4.78 is 61.3. The van der Waals surface area contributed by atoms with Crippen LogP contribution in [-0.2, 0) is 0 Å². The Morgan fingerprint density at radius 2 is 0.907 bits per heavy atom. The maximum Gasteiger partial charge on any atom is 0.135 e. The zero-order chi connectivity index (χ0) is 33.6. The van der Waals surface area contributed by atoms with Gasteiger partial charge in [-0.25, -0.2) is 0 Å². The van der Waals surface area contributed by atoms with Gasteiger partial charge in [-0.3, -0.25) is 0 Å². The maximum absolute atomic E-state index is 9.39.